The molecule has 1 N–H and O–H groups in total. The number of aromatic nitrogens is 2. The summed E-state index contributed by atoms with van der Waals surface area (Å²) in [6, 6.07) is 0.755. The number of nitrogens with one attached hydrogen (secondary N) is 1. The van der Waals surface area contributed by atoms with Crippen LogP contribution >= 0.6 is 0 Å². The van der Waals surface area contributed by atoms with E-state index in [0.717, 1.165) is 43.1 Å². The number of amides is 1. The molecule has 3 heterocycles. The molecular weight excluding hydrogens is 264 g/mol. The van der Waals surface area contributed by atoms with Crippen molar-refractivity contribution in [2.24, 2.45) is 5.92 Å². The first-order valence-electron chi connectivity index (χ1n) is 8.38. The van der Waals surface area contributed by atoms with Gasteiger partial charge in [0.05, 0.1) is 6.20 Å². The van der Waals surface area contributed by atoms with E-state index in [2.05, 4.69) is 19.8 Å². The summed E-state index contributed by atoms with van der Waals surface area (Å²) in [5.74, 6) is 3.04. The highest BCUT2D eigenvalue weighted by atomic mass is 16.1. The van der Waals surface area contributed by atoms with Gasteiger partial charge in [-0.2, -0.15) is 0 Å². The third kappa shape index (κ3) is 2.59. The van der Waals surface area contributed by atoms with Crippen LogP contribution in [0.4, 0.5) is 5.82 Å². The van der Waals surface area contributed by atoms with E-state index in [0.29, 0.717) is 6.42 Å². The van der Waals surface area contributed by atoms with Crippen LogP contribution in [0.25, 0.3) is 0 Å². The van der Waals surface area contributed by atoms with Crippen LogP contribution in [0.2, 0.25) is 0 Å². The Hall–Kier alpha value is -1.36. The molecule has 2 fully saturated rings. The zero-order chi connectivity index (χ0) is 14.2. The first-order valence-corrected chi connectivity index (χ1v) is 8.38. The van der Waals surface area contributed by atoms with E-state index in [1.54, 1.807) is 0 Å². The fraction of sp³-hybridized carbons (Fsp3) is 0.750. The molecule has 1 aliphatic carbocycles. The lowest BCUT2D eigenvalue weighted by Crippen LogP contribution is -2.34. The normalized spacial score (nSPS) is 27.8. The molecule has 0 aromatic carbocycles. The van der Waals surface area contributed by atoms with Gasteiger partial charge in [0.1, 0.15) is 11.6 Å². The van der Waals surface area contributed by atoms with Gasteiger partial charge in [0.25, 0.3) is 0 Å². The van der Waals surface area contributed by atoms with Crippen molar-refractivity contribution in [1.82, 2.24) is 14.5 Å². The second-order valence-electron chi connectivity index (χ2n) is 6.79. The van der Waals surface area contributed by atoms with Gasteiger partial charge < -0.3 is 9.88 Å². The van der Waals surface area contributed by atoms with Gasteiger partial charge in [-0.1, -0.05) is 0 Å². The summed E-state index contributed by atoms with van der Waals surface area (Å²) >= 11 is 0. The summed E-state index contributed by atoms with van der Waals surface area (Å²) in [5, 5.41) is 3.05. The summed E-state index contributed by atoms with van der Waals surface area (Å²) in [4.78, 5) is 19.1. The number of likely N-dealkylation sites (tertiary alicyclic amines) is 1. The first-order chi connectivity index (χ1) is 10.3. The maximum atomic E-state index is 12.2. The second-order valence-corrected chi connectivity index (χ2v) is 6.79. The Balaban J connectivity index is 1.31. The fourth-order valence-electron chi connectivity index (χ4n) is 4.27. The van der Waals surface area contributed by atoms with E-state index in [4.69, 9.17) is 0 Å². The van der Waals surface area contributed by atoms with Crippen LogP contribution in [-0.4, -0.2) is 39.5 Å². The number of imidazole rings is 1. The van der Waals surface area contributed by atoms with Crippen molar-refractivity contribution in [2.75, 3.05) is 18.4 Å². The Morgan fingerprint density at radius 3 is 3.14 bits per heavy atom. The fourth-order valence-corrected chi connectivity index (χ4v) is 4.27. The van der Waals surface area contributed by atoms with E-state index in [9.17, 15) is 4.79 Å². The molecule has 1 aromatic rings. The number of anilines is 1. The molecule has 2 bridgehead atoms. The standard InChI is InChI=1S/C16H24N4O/c21-16(6-8-19-11-12-4-5-13(19)9-12)18-15-10-17-14-3-1-2-7-20(14)15/h10,12-13H,1-9,11H2,(H,18,21)/t12-,13+/m1/s1. The maximum absolute atomic E-state index is 12.2. The number of nitrogens with zero attached hydrogens (tertiary/aromatic N) is 3. The summed E-state index contributed by atoms with van der Waals surface area (Å²) < 4.78 is 2.17. The van der Waals surface area contributed by atoms with Gasteiger partial charge in [-0.05, 0) is 38.0 Å². The van der Waals surface area contributed by atoms with Crippen LogP contribution in [0.1, 0.15) is 44.3 Å². The number of hydrogen-bond acceptors (Lipinski definition) is 3. The molecule has 0 spiro atoms. The largest absolute Gasteiger partial charge is 0.315 e. The molecular formula is C16H24N4O. The highest BCUT2D eigenvalue weighted by molar-refractivity contribution is 5.89. The van der Waals surface area contributed by atoms with Gasteiger partial charge >= 0.3 is 0 Å². The molecule has 4 rings (SSSR count). The highest BCUT2D eigenvalue weighted by Gasteiger charge is 2.37. The molecule has 21 heavy (non-hydrogen) atoms. The zero-order valence-corrected chi connectivity index (χ0v) is 12.6. The Morgan fingerprint density at radius 2 is 2.33 bits per heavy atom. The Bertz CT molecular complexity index is 538. The smallest absolute Gasteiger partial charge is 0.226 e. The average Bonchev–Trinajstić information content (AvgIpc) is 3.21. The molecule has 2 aliphatic heterocycles. The van der Waals surface area contributed by atoms with E-state index >= 15 is 0 Å². The van der Waals surface area contributed by atoms with Gasteiger partial charge in [-0.25, -0.2) is 4.98 Å². The molecule has 3 aliphatic rings. The van der Waals surface area contributed by atoms with Crippen molar-refractivity contribution in [3.63, 3.8) is 0 Å². The van der Waals surface area contributed by atoms with Gasteiger partial charge in [0, 0.05) is 38.5 Å². The predicted octanol–water partition coefficient (Wildman–Crippen LogP) is 2.03. The quantitative estimate of drug-likeness (QED) is 0.922. The van der Waals surface area contributed by atoms with Crippen molar-refractivity contribution in [3.8, 4) is 0 Å². The molecule has 0 unspecified atom stereocenters. The van der Waals surface area contributed by atoms with Crippen LogP contribution in [-0.2, 0) is 17.8 Å². The van der Waals surface area contributed by atoms with E-state index in [1.165, 1.54) is 38.6 Å². The van der Waals surface area contributed by atoms with E-state index in [-0.39, 0.29) is 5.91 Å². The lowest BCUT2D eigenvalue weighted by molar-refractivity contribution is -0.116. The van der Waals surface area contributed by atoms with Crippen molar-refractivity contribution in [3.05, 3.63) is 12.0 Å². The van der Waals surface area contributed by atoms with Gasteiger partial charge in [-0.3, -0.25) is 9.69 Å². The molecule has 114 valence electrons. The lowest BCUT2D eigenvalue weighted by Gasteiger charge is -2.26. The number of aryl methyl sites for hydroxylation is 1. The summed E-state index contributed by atoms with van der Waals surface area (Å²) in [6.07, 6.45) is 9.94. The predicted molar refractivity (Wildman–Crippen MR) is 81.1 cm³/mol. The van der Waals surface area contributed by atoms with Crippen molar-refractivity contribution >= 4 is 11.7 Å². The second kappa shape index (κ2) is 5.44. The highest BCUT2D eigenvalue weighted by Crippen LogP contribution is 2.37. The molecule has 1 saturated heterocycles. The summed E-state index contributed by atoms with van der Waals surface area (Å²) in [5.41, 5.74) is 0. The Morgan fingerprint density at radius 1 is 1.38 bits per heavy atom. The summed E-state index contributed by atoms with van der Waals surface area (Å²) in [6.45, 7) is 3.11. The Kier molecular flexibility index (Phi) is 3.45. The number of carbonyl (C=O) groups excluding carboxylic acids is 1. The van der Waals surface area contributed by atoms with Crippen LogP contribution in [0.15, 0.2) is 6.20 Å². The molecule has 1 amide bonds. The number of fused-ring (bicyclic) bond motifs is 3. The number of carbonyl (C=O) groups is 1. The van der Waals surface area contributed by atoms with Crippen molar-refractivity contribution < 1.29 is 4.79 Å². The van der Waals surface area contributed by atoms with Crippen LogP contribution < -0.4 is 5.32 Å². The number of rotatable bonds is 4. The topological polar surface area (TPSA) is 50.2 Å². The lowest BCUT2D eigenvalue weighted by atomic mass is 10.1. The average molecular weight is 288 g/mol. The minimum absolute atomic E-state index is 0.131. The van der Waals surface area contributed by atoms with Crippen LogP contribution in [0.5, 0.6) is 0 Å². The molecule has 2 atom stereocenters. The van der Waals surface area contributed by atoms with Gasteiger partial charge in [0.2, 0.25) is 5.91 Å². The van der Waals surface area contributed by atoms with E-state index < -0.39 is 0 Å². The van der Waals surface area contributed by atoms with Crippen molar-refractivity contribution in [1.29, 1.82) is 0 Å². The molecule has 5 heteroatoms. The van der Waals surface area contributed by atoms with E-state index in [1.807, 2.05) is 6.20 Å². The van der Waals surface area contributed by atoms with Gasteiger partial charge in [-0.15, -0.1) is 0 Å². The SMILES string of the molecule is O=C(CCN1C[C@@H]2CC[C@H]1C2)Nc1cnc2n1CCCC2. The molecule has 1 saturated carbocycles. The monoisotopic (exact) mass is 288 g/mol. The molecule has 1 aromatic heterocycles. The minimum atomic E-state index is 0.131. The molecule has 0 radical (unpaired) electrons. The zero-order valence-electron chi connectivity index (χ0n) is 12.6. The maximum Gasteiger partial charge on any atom is 0.226 e. The van der Waals surface area contributed by atoms with Crippen molar-refractivity contribution in [2.45, 2.75) is 57.5 Å². The number of piperidine rings is 1. The number of hydrogen-bond donors (Lipinski definition) is 1. The first kappa shape index (κ1) is 13.3. The minimum Gasteiger partial charge on any atom is -0.315 e. The molecule has 5 nitrogen and oxygen atoms in total. The summed E-state index contributed by atoms with van der Waals surface area (Å²) in [7, 11) is 0. The van der Waals surface area contributed by atoms with Gasteiger partial charge in [0.15, 0.2) is 0 Å². The third-order valence-corrected chi connectivity index (χ3v) is 5.39. The third-order valence-electron chi connectivity index (χ3n) is 5.39. The van der Waals surface area contributed by atoms with Crippen LogP contribution in [0.3, 0.4) is 0 Å². The van der Waals surface area contributed by atoms with Crippen LogP contribution in [0, 0.1) is 5.92 Å². The Labute approximate surface area is 125 Å².